The maximum Gasteiger partial charge on any atom is 0.355 e. The van der Waals surface area contributed by atoms with Crippen molar-refractivity contribution in [3.63, 3.8) is 0 Å². The summed E-state index contributed by atoms with van der Waals surface area (Å²) in [5.74, 6) is 0.0962. The van der Waals surface area contributed by atoms with E-state index in [1.807, 2.05) is 24.3 Å². The third kappa shape index (κ3) is 4.80. The molecule has 6 nitrogen and oxygen atoms in total. The fourth-order valence-electron chi connectivity index (χ4n) is 2.91. The van der Waals surface area contributed by atoms with Gasteiger partial charge in [0, 0.05) is 15.6 Å². The second-order valence-electron chi connectivity index (χ2n) is 6.63. The minimum atomic E-state index is -0.511. The van der Waals surface area contributed by atoms with Crippen LogP contribution in [0.2, 0.25) is 5.02 Å². The third-order valence-electron chi connectivity index (χ3n) is 4.52. The molecule has 1 amide bonds. The van der Waals surface area contributed by atoms with Crippen LogP contribution >= 0.6 is 22.9 Å². The smallest absolute Gasteiger partial charge is 0.355 e. The summed E-state index contributed by atoms with van der Waals surface area (Å²) in [6, 6.07) is 21.0. The molecule has 4 aromatic rings. The highest BCUT2D eigenvalue weighted by Crippen LogP contribution is 2.35. The molecule has 1 N–H and O–H groups in total. The molecule has 160 valence electrons. The Morgan fingerprint density at radius 3 is 2.53 bits per heavy atom. The molecule has 0 aliphatic heterocycles. The quantitative estimate of drug-likeness (QED) is 0.176. The maximum atomic E-state index is 12.5. The van der Waals surface area contributed by atoms with Gasteiger partial charge in [-0.3, -0.25) is 4.79 Å². The first-order chi connectivity index (χ1) is 15.5. The Hall–Kier alpha value is -3.68. The van der Waals surface area contributed by atoms with Crippen molar-refractivity contribution in [3.8, 4) is 11.5 Å². The van der Waals surface area contributed by atoms with E-state index in [1.165, 1.54) is 24.7 Å². The lowest BCUT2D eigenvalue weighted by Gasteiger charge is -2.04. The first-order valence-electron chi connectivity index (χ1n) is 9.52. The molecule has 0 radical (unpaired) electrons. The summed E-state index contributed by atoms with van der Waals surface area (Å²) in [6.07, 6.45) is 1.49. The molecule has 0 fully saturated rings. The Morgan fingerprint density at radius 2 is 1.78 bits per heavy atom. The highest BCUT2D eigenvalue weighted by atomic mass is 35.5. The minimum absolute atomic E-state index is 0.356. The van der Waals surface area contributed by atoms with Gasteiger partial charge in [-0.2, -0.15) is 5.10 Å². The van der Waals surface area contributed by atoms with E-state index in [2.05, 4.69) is 10.5 Å². The number of halogens is 1. The molecule has 4 rings (SSSR count). The number of methoxy groups -OCH3 is 1. The van der Waals surface area contributed by atoms with E-state index < -0.39 is 5.97 Å². The van der Waals surface area contributed by atoms with Crippen LogP contribution < -0.4 is 14.9 Å². The topological polar surface area (TPSA) is 77.0 Å². The third-order valence-corrected chi connectivity index (χ3v) is 6.18. The molecular formula is C24H17ClN2O4S. The van der Waals surface area contributed by atoms with Gasteiger partial charge in [-0.05, 0) is 54.1 Å². The van der Waals surface area contributed by atoms with Crippen LogP contribution in [0.1, 0.15) is 25.6 Å². The van der Waals surface area contributed by atoms with Crippen LogP contribution in [-0.4, -0.2) is 25.2 Å². The molecular weight excluding hydrogens is 448 g/mol. The van der Waals surface area contributed by atoms with Crippen molar-refractivity contribution in [1.82, 2.24) is 5.43 Å². The minimum Gasteiger partial charge on any atom is -0.497 e. The van der Waals surface area contributed by atoms with E-state index in [9.17, 15) is 9.59 Å². The number of fused-ring (bicyclic) bond motifs is 1. The molecule has 0 aliphatic rings. The molecule has 8 heteroatoms. The molecule has 0 atom stereocenters. The van der Waals surface area contributed by atoms with E-state index in [1.54, 1.807) is 48.5 Å². The zero-order valence-electron chi connectivity index (χ0n) is 16.9. The number of hydrogen-bond donors (Lipinski definition) is 1. The zero-order valence-corrected chi connectivity index (χ0v) is 18.4. The van der Waals surface area contributed by atoms with Gasteiger partial charge < -0.3 is 9.47 Å². The summed E-state index contributed by atoms with van der Waals surface area (Å²) in [5, 5.41) is 5.18. The lowest BCUT2D eigenvalue weighted by molar-refractivity contribution is 0.0739. The number of thiophene rings is 1. The number of carbonyl (C=O) groups excluding carboxylic acids is 2. The number of esters is 1. The number of carbonyl (C=O) groups is 2. The lowest BCUT2D eigenvalue weighted by atomic mass is 10.2. The molecule has 0 saturated heterocycles. The van der Waals surface area contributed by atoms with Crippen LogP contribution in [0.25, 0.3) is 10.1 Å². The summed E-state index contributed by atoms with van der Waals surface area (Å²) in [5.41, 5.74) is 3.61. The van der Waals surface area contributed by atoms with Crippen LogP contribution in [0.15, 0.2) is 77.9 Å². The van der Waals surface area contributed by atoms with Crippen LogP contribution in [0.5, 0.6) is 11.5 Å². The molecule has 0 spiro atoms. The van der Waals surface area contributed by atoms with Crippen molar-refractivity contribution in [1.29, 1.82) is 0 Å². The highest BCUT2D eigenvalue weighted by Gasteiger charge is 2.18. The molecule has 3 aromatic carbocycles. The van der Waals surface area contributed by atoms with Gasteiger partial charge in [-0.1, -0.05) is 35.9 Å². The number of benzene rings is 3. The Labute approximate surface area is 193 Å². The molecule has 0 saturated carbocycles. The van der Waals surface area contributed by atoms with Gasteiger partial charge in [0.25, 0.3) is 5.91 Å². The van der Waals surface area contributed by atoms with E-state index in [0.29, 0.717) is 27.0 Å². The van der Waals surface area contributed by atoms with E-state index >= 15 is 0 Å². The van der Waals surface area contributed by atoms with E-state index in [-0.39, 0.29) is 5.91 Å². The number of hydrogen-bond acceptors (Lipinski definition) is 6. The number of nitrogens with one attached hydrogen (secondary N) is 1. The predicted octanol–water partition coefficient (Wildman–Crippen LogP) is 5.55. The Bertz CT molecular complexity index is 1320. The van der Waals surface area contributed by atoms with Crippen molar-refractivity contribution >= 4 is 51.1 Å². The predicted molar refractivity (Wildman–Crippen MR) is 126 cm³/mol. The fraction of sp³-hybridized carbons (Fsp3) is 0.0417. The summed E-state index contributed by atoms with van der Waals surface area (Å²) in [6.45, 7) is 0. The molecule has 0 bridgehead atoms. The Morgan fingerprint density at radius 1 is 1.00 bits per heavy atom. The summed E-state index contributed by atoms with van der Waals surface area (Å²) >= 11 is 7.63. The van der Waals surface area contributed by atoms with Crippen molar-refractivity contribution in [2.75, 3.05) is 7.11 Å². The average molecular weight is 465 g/mol. The highest BCUT2D eigenvalue weighted by molar-refractivity contribution is 7.21. The van der Waals surface area contributed by atoms with Gasteiger partial charge in [0.2, 0.25) is 0 Å². The number of hydrazone groups is 1. The van der Waals surface area contributed by atoms with Gasteiger partial charge >= 0.3 is 5.97 Å². The molecule has 0 unspecified atom stereocenters. The number of amides is 1. The van der Waals surface area contributed by atoms with Crippen LogP contribution in [0.3, 0.4) is 0 Å². The summed E-state index contributed by atoms with van der Waals surface area (Å²) in [4.78, 5) is 25.1. The second-order valence-corrected chi connectivity index (χ2v) is 8.06. The van der Waals surface area contributed by atoms with Crippen LogP contribution in [-0.2, 0) is 0 Å². The molecule has 1 aromatic heterocycles. The average Bonchev–Trinajstić information content (AvgIpc) is 3.17. The maximum absolute atomic E-state index is 12.5. The molecule has 1 heterocycles. The Kier molecular flexibility index (Phi) is 6.49. The van der Waals surface area contributed by atoms with Crippen LogP contribution in [0.4, 0.5) is 0 Å². The SMILES string of the molecule is COc1cccc(C(=O)NN=Cc2ccc(OC(=O)c3sc4ccccc4c3Cl)cc2)c1. The summed E-state index contributed by atoms with van der Waals surface area (Å²) in [7, 11) is 1.53. The van der Waals surface area contributed by atoms with Gasteiger partial charge in [0.1, 0.15) is 16.4 Å². The second kappa shape index (κ2) is 9.64. The van der Waals surface area contributed by atoms with Gasteiger partial charge in [0.15, 0.2) is 0 Å². The van der Waals surface area contributed by atoms with Crippen LogP contribution in [0, 0.1) is 0 Å². The van der Waals surface area contributed by atoms with Crippen molar-refractivity contribution in [3.05, 3.63) is 93.8 Å². The molecule has 0 aliphatic carbocycles. The van der Waals surface area contributed by atoms with Gasteiger partial charge in [0.05, 0.1) is 18.3 Å². The standard InChI is InChI=1S/C24H17ClN2O4S/c1-30-18-6-4-5-16(13-18)23(28)27-26-14-15-9-11-17(12-10-15)31-24(29)22-21(25)19-7-2-3-8-20(19)32-22/h2-14H,1H3,(H,27,28). The summed E-state index contributed by atoms with van der Waals surface area (Å²) < 4.78 is 11.5. The largest absolute Gasteiger partial charge is 0.497 e. The Balaban J connectivity index is 1.37. The fourth-order valence-corrected chi connectivity index (χ4v) is 4.30. The van der Waals surface area contributed by atoms with Crippen molar-refractivity contribution in [2.45, 2.75) is 0 Å². The lowest BCUT2D eigenvalue weighted by Crippen LogP contribution is -2.17. The first kappa shape index (κ1) is 21.5. The van der Waals surface area contributed by atoms with Crippen molar-refractivity contribution < 1.29 is 19.1 Å². The van der Waals surface area contributed by atoms with Gasteiger partial charge in [-0.15, -0.1) is 11.3 Å². The number of rotatable bonds is 6. The monoisotopic (exact) mass is 464 g/mol. The van der Waals surface area contributed by atoms with Crippen molar-refractivity contribution in [2.24, 2.45) is 5.10 Å². The normalized spacial score (nSPS) is 10.9. The van der Waals surface area contributed by atoms with E-state index in [0.717, 1.165) is 15.6 Å². The van der Waals surface area contributed by atoms with Gasteiger partial charge in [-0.25, -0.2) is 10.2 Å². The van der Waals surface area contributed by atoms with E-state index in [4.69, 9.17) is 21.1 Å². The zero-order chi connectivity index (χ0) is 22.5. The molecule has 32 heavy (non-hydrogen) atoms. The number of nitrogens with zero attached hydrogens (tertiary/aromatic N) is 1. The first-order valence-corrected chi connectivity index (χ1v) is 10.7. The number of ether oxygens (including phenoxy) is 2.